The Labute approximate surface area is 145 Å². The van der Waals surface area contributed by atoms with Crippen molar-refractivity contribution >= 4 is 69.0 Å². The third kappa shape index (κ3) is 3.58. The lowest BCUT2D eigenvalue weighted by Crippen LogP contribution is -2.12. The average Bonchev–Trinajstić information content (AvgIpc) is 2.39. The van der Waals surface area contributed by atoms with Crippen molar-refractivity contribution in [1.82, 2.24) is 0 Å². The first-order valence-electron chi connectivity index (χ1n) is 5.60. The Hall–Kier alpha value is -0.490. The maximum absolute atomic E-state index is 12.2. The molecule has 6 heteroatoms. The van der Waals surface area contributed by atoms with E-state index in [-0.39, 0.29) is 5.91 Å². The van der Waals surface area contributed by atoms with Crippen LogP contribution in [0.5, 0.6) is 0 Å². The average molecular weight is 440 g/mol. The number of halogens is 4. The summed E-state index contributed by atoms with van der Waals surface area (Å²) in [5.74, 6) is -0.247. The van der Waals surface area contributed by atoms with Crippen molar-refractivity contribution in [2.75, 3.05) is 5.32 Å². The van der Waals surface area contributed by atoms with Crippen LogP contribution < -0.4 is 5.32 Å². The summed E-state index contributed by atoms with van der Waals surface area (Å²) in [6, 6.07) is 8.51. The molecular formula is C14H9Cl3INO. The van der Waals surface area contributed by atoms with Gasteiger partial charge in [0.25, 0.3) is 5.91 Å². The molecule has 0 bridgehead atoms. The van der Waals surface area contributed by atoms with Crippen molar-refractivity contribution in [3.63, 3.8) is 0 Å². The molecule has 0 radical (unpaired) electrons. The maximum atomic E-state index is 12.2. The van der Waals surface area contributed by atoms with Gasteiger partial charge in [-0.2, -0.15) is 0 Å². The summed E-state index contributed by atoms with van der Waals surface area (Å²) in [6.45, 7) is 1.99. The second-order valence-electron chi connectivity index (χ2n) is 4.16. The van der Waals surface area contributed by atoms with Crippen LogP contribution in [0.25, 0.3) is 0 Å². The first kappa shape index (κ1) is 15.9. The number of carbonyl (C=O) groups excluding carboxylic acids is 1. The molecule has 2 rings (SSSR count). The molecule has 0 aliphatic rings. The highest BCUT2D eigenvalue weighted by Crippen LogP contribution is 2.32. The molecule has 0 saturated heterocycles. The molecular weight excluding hydrogens is 431 g/mol. The van der Waals surface area contributed by atoms with Gasteiger partial charge in [-0.3, -0.25) is 4.79 Å². The van der Waals surface area contributed by atoms with Gasteiger partial charge in [0.15, 0.2) is 0 Å². The maximum Gasteiger partial charge on any atom is 0.255 e. The predicted molar refractivity (Wildman–Crippen MR) is 93.3 cm³/mol. The van der Waals surface area contributed by atoms with E-state index in [1.165, 1.54) is 12.1 Å². The Morgan fingerprint density at radius 1 is 1.05 bits per heavy atom. The predicted octanol–water partition coefficient (Wildman–Crippen LogP) is 5.81. The minimum absolute atomic E-state index is 0.247. The van der Waals surface area contributed by atoms with E-state index in [0.29, 0.717) is 26.3 Å². The molecule has 2 aromatic carbocycles. The molecule has 2 nitrogen and oxygen atoms in total. The van der Waals surface area contributed by atoms with Crippen molar-refractivity contribution < 1.29 is 4.79 Å². The molecule has 0 heterocycles. The van der Waals surface area contributed by atoms with Gasteiger partial charge in [-0.1, -0.05) is 40.9 Å². The summed E-state index contributed by atoms with van der Waals surface area (Å²) >= 11 is 20.0. The lowest BCUT2D eigenvalue weighted by molar-refractivity contribution is 0.102. The van der Waals surface area contributed by atoms with Gasteiger partial charge in [0.05, 0.1) is 20.8 Å². The highest BCUT2D eigenvalue weighted by atomic mass is 127. The number of rotatable bonds is 2. The molecule has 0 saturated carbocycles. The van der Waals surface area contributed by atoms with Gasteiger partial charge in [0.2, 0.25) is 0 Å². The number of nitrogens with one attached hydrogen (secondary N) is 1. The smallest absolute Gasteiger partial charge is 0.255 e. The lowest BCUT2D eigenvalue weighted by Gasteiger charge is -2.09. The highest BCUT2D eigenvalue weighted by Gasteiger charge is 2.11. The second kappa shape index (κ2) is 6.52. The van der Waals surface area contributed by atoms with Crippen molar-refractivity contribution in [3.05, 3.63) is 60.1 Å². The molecule has 0 aliphatic carbocycles. The SMILES string of the molecule is Cc1ccc(C(=O)Nc2cc(Cl)c(Cl)cc2Cl)cc1I. The zero-order valence-electron chi connectivity index (χ0n) is 10.3. The Balaban J connectivity index is 2.27. The summed E-state index contributed by atoms with van der Waals surface area (Å²) in [6.07, 6.45) is 0. The Morgan fingerprint density at radius 3 is 2.35 bits per heavy atom. The van der Waals surface area contributed by atoms with Crippen LogP contribution in [0.2, 0.25) is 15.1 Å². The van der Waals surface area contributed by atoms with Crippen LogP contribution in [0.3, 0.4) is 0 Å². The van der Waals surface area contributed by atoms with Crippen molar-refractivity contribution in [1.29, 1.82) is 0 Å². The van der Waals surface area contributed by atoms with Crippen LogP contribution in [-0.2, 0) is 0 Å². The zero-order valence-corrected chi connectivity index (χ0v) is 14.7. The van der Waals surface area contributed by atoms with Gasteiger partial charge in [0.1, 0.15) is 0 Å². The van der Waals surface area contributed by atoms with Gasteiger partial charge in [-0.15, -0.1) is 0 Å². The molecule has 0 fully saturated rings. The van der Waals surface area contributed by atoms with E-state index in [9.17, 15) is 4.79 Å². The monoisotopic (exact) mass is 439 g/mol. The third-order valence-electron chi connectivity index (χ3n) is 2.69. The van der Waals surface area contributed by atoms with Crippen molar-refractivity contribution in [3.8, 4) is 0 Å². The van der Waals surface area contributed by atoms with Gasteiger partial charge < -0.3 is 5.32 Å². The minimum Gasteiger partial charge on any atom is -0.321 e. The molecule has 2 aromatic rings. The van der Waals surface area contributed by atoms with E-state index in [2.05, 4.69) is 27.9 Å². The number of carbonyl (C=O) groups is 1. The van der Waals surface area contributed by atoms with E-state index in [1.807, 2.05) is 19.1 Å². The lowest BCUT2D eigenvalue weighted by atomic mass is 10.1. The topological polar surface area (TPSA) is 29.1 Å². The van der Waals surface area contributed by atoms with Crippen LogP contribution in [0.4, 0.5) is 5.69 Å². The first-order chi connectivity index (χ1) is 9.38. The largest absolute Gasteiger partial charge is 0.321 e. The Bertz CT molecular complexity index is 688. The molecule has 0 aromatic heterocycles. The number of amides is 1. The van der Waals surface area contributed by atoms with Gasteiger partial charge in [-0.05, 0) is 59.3 Å². The molecule has 0 unspecified atom stereocenters. The Morgan fingerprint density at radius 2 is 1.70 bits per heavy atom. The van der Waals surface area contributed by atoms with Crippen molar-refractivity contribution in [2.24, 2.45) is 0 Å². The summed E-state index contributed by atoms with van der Waals surface area (Å²) in [7, 11) is 0. The van der Waals surface area contributed by atoms with Crippen molar-refractivity contribution in [2.45, 2.75) is 6.92 Å². The fourth-order valence-electron chi connectivity index (χ4n) is 1.55. The standard InChI is InChI=1S/C14H9Cl3INO/c1-7-2-3-8(4-12(7)18)14(20)19-13-6-10(16)9(15)5-11(13)17/h2-6H,1H3,(H,19,20). The summed E-state index contributed by atoms with van der Waals surface area (Å²) < 4.78 is 1.02. The molecule has 1 N–H and O–H groups in total. The van der Waals surface area contributed by atoms with E-state index in [0.717, 1.165) is 9.13 Å². The van der Waals surface area contributed by atoms with Crippen LogP contribution in [0, 0.1) is 10.5 Å². The molecule has 0 aliphatic heterocycles. The summed E-state index contributed by atoms with van der Waals surface area (Å²) in [4.78, 5) is 12.2. The van der Waals surface area contributed by atoms with E-state index in [1.54, 1.807) is 6.07 Å². The first-order valence-corrected chi connectivity index (χ1v) is 7.82. The molecule has 0 spiro atoms. The molecule has 1 amide bonds. The normalized spacial score (nSPS) is 10.4. The van der Waals surface area contributed by atoms with Crippen LogP contribution in [0.1, 0.15) is 15.9 Å². The van der Waals surface area contributed by atoms with E-state index >= 15 is 0 Å². The second-order valence-corrected chi connectivity index (χ2v) is 6.55. The number of hydrogen-bond acceptors (Lipinski definition) is 1. The quantitative estimate of drug-likeness (QED) is 0.463. The van der Waals surface area contributed by atoms with Crippen LogP contribution >= 0.6 is 57.4 Å². The highest BCUT2D eigenvalue weighted by molar-refractivity contribution is 14.1. The number of benzene rings is 2. The van der Waals surface area contributed by atoms with Crippen LogP contribution in [0.15, 0.2) is 30.3 Å². The number of hydrogen-bond donors (Lipinski definition) is 1. The van der Waals surface area contributed by atoms with Gasteiger partial charge >= 0.3 is 0 Å². The molecule has 20 heavy (non-hydrogen) atoms. The Kier molecular flexibility index (Phi) is 5.18. The molecule has 104 valence electrons. The summed E-state index contributed by atoms with van der Waals surface area (Å²) in [5.41, 5.74) is 2.11. The number of aryl methyl sites for hydroxylation is 1. The fourth-order valence-corrected chi connectivity index (χ4v) is 2.66. The van der Waals surface area contributed by atoms with Gasteiger partial charge in [0, 0.05) is 9.13 Å². The fraction of sp³-hybridized carbons (Fsp3) is 0.0714. The zero-order chi connectivity index (χ0) is 14.9. The minimum atomic E-state index is -0.247. The van der Waals surface area contributed by atoms with E-state index in [4.69, 9.17) is 34.8 Å². The van der Waals surface area contributed by atoms with Gasteiger partial charge in [-0.25, -0.2) is 0 Å². The van der Waals surface area contributed by atoms with E-state index < -0.39 is 0 Å². The third-order valence-corrected chi connectivity index (χ3v) is 4.89. The summed E-state index contributed by atoms with van der Waals surface area (Å²) in [5, 5.41) is 3.75. The number of anilines is 1. The van der Waals surface area contributed by atoms with Crippen LogP contribution in [-0.4, -0.2) is 5.91 Å². The molecule has 0 atom stereocenters.